The number of aryl methyl sites for hydroxylation is 2. The molecule has 0 N–H and O–H groups in total. The van der Waals surface area contributed by atoms with Gasteiger partial charge in [-0.15, -0.1) is 11.3 Å². The molecule has 1 aromatic carbocycles. The highest BCUT2D eigenvalue weighted by molar-refractivity contribution is 7.16. The van der Waals surface area contributed by atoms with Crippen LogP contribution in [-0.2, 0) is 13.1 Å². The fourth-order valence-electron chi connectivity index (χ4n) is 3.47. The Morgan fingerprint density at radius 1 is 1.17 bits per heavy atom. The zero-order valence-electron chi connectivity index (χ0n) is 14.0. The van der Waals surface area contributed by atoms with E-state index in [-0.39, 0.29) is 5.78 Å². The van der Waals surface area contributed by atoms with E-state index in [0.29, 0.717) is 0 Å². The zero-order chi connectivity index (χ0) is 16.7. The summed E-state index contributed by atoms with van der Waals surface area (Å²) in [6.07, 6.45) is 3.07. The highest BCUT2D eigenvalue weighted by Gasteiger charge is 2.21. The summed E-state index contributed by atoms with van der Waals surface area (Å²) in [7, 11) is 0. The lowest BCUT2D eigenvalue weighted by molar-refractivity contribution is 0.103. The zero-order valence-corrected chi connectivity index (χ0v) is 14.8. The van der Waals surface area contributed by atoms with Crippen LogP contribution < -0.4 is 0 Å². The Balaban J connectivity index is 1.90. The predicted octanol–water partition coefficient (Wildman–Crippen LogP) is 5.32. The first-order valence-corrected chi connectivity index (χ1v) is 9.31. The van der Waals surface area contributed by atoms with Gasteiger partial charge >= 0.3 is 0 Å². The molecule has 3 heterocycles. The summed E-state index contributed by atoms with van der Waals surface area (Å²) in [4.78, 5) is 14.5. The second-order valence-corrected chi connectivity index (χ2v) is 6.93. The molecule has 0 saturated heterocycles. The summed E-state index contributed by atoms with van der Waals surface area (Å²) in [6, 6.07) is 12.3. The third-order valence-electron chi connectivity index (χ3n) is 4.55. The van der Waals surface area contributed by atoms with Gasteiger partial charge in [-0.05, 0) is 36.9 Å². The van der Waals surface area contributed by atoms with Crippen LogP contribution in [0.4, 0.5) is 0 Å². The maximum Gasteiger partial charge on any atom is 0.211 e. The molecule has 122 valence electrons. The summed E-state index contributed by atoms with van der Waals surface area (Å²) < 4.78 is 4.33. The van der Waals surface area contributed by atoms with E-state index in [1.165, 1.54) is 4.83 Å². The summed E-state index contributed by atoms with van der Waals surface area (Å²) in [6.45, 7) is 5.99. The van der Waals surface area contributed by atoms with Gasteiger partial charge in [0.15, 0.2) is 0 Å². The Labute approximate surface area is 145 Å². The summed E-state index contributed by atoms with van der Waals surface area (Å²) in [5.74, 6) is 0.117. The van der Waals surface area contributed by atoms with Gasteiger partial charge in [-0.3, -0.25) is 4.79 Å². The minimum atomic E-state index is 0.117. The SMILES string of the molecule is CCCn1cc(C(=O)c2cc3ccsc3n2CC)c2ccccc21. The number of para-hydroxylation sites is 1. The fraction of sp³-hybridized carbons (Fsp3) is 0.250. The van der Waals surface area contributed by atoms with Crippen LogP contribution in [0.2, 0.25) is 0 Å². The second-order valence-electron chi connectivity index (χ2n) is 6.04. The molecule has 0 saturated carbocycles. The Bertz CT molecular complexity index is 1030. The molecule has 4 rings (SSSR count). The molecule has 0 bridgehead atoms. The van der Waals surface area contributed by atoms with Crippen LogP contribution >= 0.6 is 11.3 Å². The standard InChI is InChI=1S/C20H20N2OS/c1-3-10-21-13-16(15-7-5-6-8-17(15)21)19(23)18-12-14-9-11-24-20(14)22(18)4-2/h5-9,11-13H,3-4,10H2,1-2H3. The van der Waals surface area contributed by atoms with E-state index in [4.69, 9.17) is 0 Å². The number of fused-ring (bicyclic) bond motifs is 2. The molecule has 4 heteroatoms. The van der Waals surface area contributed by atoms with Gasteiger partial charge in [0.05, 0.1) is 5.69 Å². The van der Waals surface area contributed by atoms with Crippen molar-refractivity contribution in [2.24, 2.45) is 0 Å². The van der Waals surface area contributed by atoms with Gasteiger partial charge in [-0.1, -0.05) is 25.1 Å². The van der Waals surface area contributed by atoms with E-state index in [1.54, 1.807) is 11.3 Å². The van der Waals surface area contributed by atoms with E-state index in [9.17, 15) is 4.79 Å². The van der Waals surface area contributed by atoms with Gasteiger partial charge in [0.1, 0.15) is 4.83 Å². The molecule has 24 heavy (non-hydrogen) atoms. The molecule has 0 aliphatic heterocycles. The minimum absolute atomic E-state index is 0.117. The second kappa shape index (κ2) is 5.95. The molecule has 0 amide bonds. The third-order valence-corrected chi connectivity index (χ3v) is 5.50. The van der Waals surface area contributed by atoms with E-state index in [1.807, 2.05) is 24.4 Å². The summed E-state index contributed by atoms with van der Waals surface area (Å²) in [5, 5.41) is 4.28. The number of nitrogens with zero attached hydrogens (tertiary/aromatic N) is 2. The topological polar surface area (TPSA) is 26.9 Å². The summed E-state index contributed by atoms with van der Waals surface area (Å²) >= 11 is 1.69. The van der Waals surface area contributed by atoms with Crippen molar-refractivity contribution < 1.29 is 4.79 Å². The van der Waals surface area contributed by atoms with Crippen LogP contribution in [-0.4, -0.2) is 14.9 Å². The van der Waals surface area contributed by atoms with Crippen molar-refractivity contribution in [1.82, 2.24) is 9.13 Å². The van der Waals surface area contributed by atoms with Crippen LogP contribution in [0, 0.1) is 0 Å². The number of hydrogen-bond donors (Lipinski definition) is 0. The maximum atomic E-state index is 13.3. The van der Waals surface area contributed by atoms with E-state index < -0.39 is 0 Å². The first-order valence-electron chi connectivity index (χ1n) is 8.44. The Hall–Kier alpha value is -2.33. The Morgan fingerprint density at radius 2 is 2.00 bits per heavy atom. The van der Waals surface area contributed by atoms with Gasteiger partial charge in [0.25, 0.3) is 0 Å². The number of ketones is 1. The van der Waals surface area contributed by atoms with E-state index >= 15 is 0 Å². The first kappa shape index (κ1) is 15.2. The smallest absolute Gasteiger partial charge is 0.211 e. The van der Waals surface area contributed by atoms with Crippen molar-refractivity contribution >= 4 is 38.2 Å². The average molecular weight is 336 g/mol. The lowest BCUT2D eigenvalue weighted by Gasteiger charge is -2.05. The Kier molecular flexibility index (Phi) is 3.77. The van der Waals surface area contributed by atoms with Crippen LogP contribution in [0.25, 0.3) is 21.1 Å². The highest BCUT2D eigenvalue weighted by atomic mass is 32.1. The normalized spacial score (nSPS) is 11.6. The van der Waals surface area contributed by atoms with Crippen molar-refractivity contribution in [2.75, 3.05) is 0 Å². The molecule has 3 nitrogen and oxygen atoms in total. The van der Waals surface area contributed by atoms with E-state index in [0.717, 1.165) is 47.1 Å². The van der Waals surface area contributed by atoms with Gasteiger partial charge < -0.3 is 9.13 Å². The van der Waals surface area contributed by atoms with Gasteiger partial charge in [-0.25, -0.2) is 0 Å². The molecule has 0 aliphatic rings. The molecular weight excluding hydrogens is 316 g/mol. The number of carbonyl (C=O) groups excluding carboxylic acids is 1. The third kappa shape index (κ3) is 2.21. The van der Waals surface area contributed by atoms with E-state index in [2.05, 4.69) is 46.6 Å². The molecule has 0 aliphatic carbocycles. The Morgan fingerprint density at radius 3 is 2.79 bits per heavy atom. The van der Waals surface area contributed by atoms with Crippen molar-refractivity contribution in [3.8, 4) is 0 Å². The number of carbonyl (C=O) groups is 1. The molecule has 4 aromatic rings. The van der Waals surface area contributed by atoms with Crippen LogP contribution in [0.5, 0.6) is 0 Å². The average Bonchev–Trinajstić information content (AvgIpc) is 3.27. The highest BCUT2D eigenvalue weighted by Crippen LogP contribution is 2.29. The molecule has 0 atom stereocenters. The van der Waals surface area contributed by atoms with Crippen LogP contribution in [0.15, 0.2) is 48.0 Å². The molecule has 0 radical (unpaired) electrons. The van der Waals surface area contributed by atoms with Crippen molar-refractivity contribution in [3.05, 3.63) is 59.2 Å². The minimum Gasteiger partial charge on any atom is -0.347 e. The van der Waals surface area contributed by atoms with Gasteiger partial charge in [-0.2, -0.15) is 0 Å². The quantitative estimate of drug-likeness (QED) is 0.453. The van der Waals surface area contributed by atoms with Crippen molar-refractivity contribution in [3.63, 3.8) is 0 Å². The number of thiophene rings is 1. The monoisotopic (exact) mass is 336 g/mol. The molecule has 3 aromatic heterocycles. The maximum absolute atomic E-state index is 13.3. The molecular formula is C20H20N2OS. The van der Waals surface area contributed by atoms with Gasteiger partial charge in [0, 0.05) is 41.1 Å². The lowest BCUT2D eigenvalue weighted by atomic mass is 10.1. The number of hydrogen-bond acceptors (Lipinski definition) is 2. The molecule has 0 spiro atoms. The predicted molar refractivity (Wildman–Crippen MR) is 101 cm³/mol. The molecule has 0 unspecified atom stereocenters. The fourth-order valence-corrected chi connectivity index (χ4v) is 4.43. The van der Waals surface area contributed by atoms with Crippen LogP contribution in [0.1, 0.15) is 36.3 Å². The van der Waals surface area contributed by atoms with Crippen molar-refractivity contribution in [1.29, 1.82) is 0 Å². The number of benzene rings is 1. The largest absolute Gasteiger partial charge is 0.347 e. The van der Waals surface area contributed by atoms with Crippen LogP contribution in [0.3, 0.4) is 0 Å². The first-order chi connectivity index (χ1) is 11.7. The number of aromatic nitrogens is 2. The lowest BCUT2D eigenvalue weighted by Crippen LogP contribution is -2.08. The number of rotatable bonds is 5. The summed E-state index contributed by atoms with van der Waals surface area (Å²) in [5.41, 5.74) is 2.73. The van der Waals surface area contributed by atoms with Crippen molar-refractivity contribution in [2.45, 2.75) is 33.4 Å². The van der Waals surface area contributed by atoms with Gasteiger partial charge in [0.2, 0.25) is 5.78 Å². The molecule has 0 fully saturated rings.